The number of ether oxygens (including phenoxy) is 1. The number of primary amides is 1. The molecule has 0 aliphatic carbocycles. The summed E-state index contributed by atoms with van der Waals surface area (Å²) in [7, 11) is 1.57. The van der Waals surface area contributed by atoms with Crippen molar-refractivity contribution in [2.45, 2.75) is 25.9 Å². The van der Waals surface area contributed by atoms with E-state index in [-0.39, 0.29) is 11.9 Å². The van der Waals surface area contributed by atoms with Gasteiger partial charge in [0.1, 0.15) is 6.04 Å². The Morgan fingerprint density at radius 3 is 2.88 bits per heavy atom. The van der Waals surface area contributed by atoms with Crippen LogP contribution in [0.5, 0.6) is 5.75 Å². The lowest BCUT2D eigenvalue weighted by Crippen LogP contribution is -2.46. The molecular weight excluding hydrogens is 208 g/mol. The number of nitrogens with zero attached hydrogens (tertiary/aromatic N) is 2. The van der Waals surface area contributed by atoms with Crippen molar-refractivity contribution < 1.29 is 9.53 Å². The van der Waals surface area contributed by atoms with E-state index in [1.54, 1.807) is 24.2 Å². The van der Waals surface area contributed by atoms with Gasteiger partial charge >= 0.3 is 0 Å². The fourth-order valence-corrected chi connectivity index (χ4v) is 1.53. The summed E-state index contributed by atoms with van der Waals surface area (Å²) in [5, 5.41) is 7.15. The number of likely N-dealkylation sites (N-methyl/N-ethyl adjacent to an activating group) is 1. The van der Waals surface area contributed by atoms with Crippen LogP contribution in [0.15, 0.2) is 12.4 Å². The number of rotatable bonds is 6. The first kappa shape index (κ1) is 12.5. The summed E-state index contributed by atoms with van der Waals surface area (Å²) in [4.78, 5) is 11.3. The summed E-state index contributed by atoms with van der Waals surface area (Å²) in [6.07, 6.45) is 3.33. The molecule has 1 amide bonds. The van der Waals surface area contributed by atoms with Gasteiger partial charge in [0.15, 0.2) is 5.75 Å². The van der Waals surface area contributed by atoms with Crippen LogP contribution in [0.3, 0.4) is 0 Å². The molecule has 0 radical (unpaired) electrons. The minimum absolute atomic E-state index is 0.152. The third kappa shape index (κ3) is 2.73. The molecule has 2 unspecified atom stereocenters. The highest BCUT2D eigenvalue weighted by atomic mass is 16.5. The maximum atomic E-state index is 11.3. The number of methoxy groups -OCH3 is 1. The fraction of sp³-hybridized carbons (Fsp3) is 0.600. The Morgan fingerprint density at radius 1 is 1.75 bits per heavy atom. The van der Waals surface area contributed by atoms with E-state index >= 15 is 0 Å². The highest BCUT2D eigenvalue weighted by molar-refractivity contribution is 5.80. The summed E-state index contributed by atoms with van der Waals surface area (Å²) in [5.41, 5.74) is 5.33. The van der Waals surface area contributed by atoms with E-state index in [1.807, 2.05) is 13.8 Å². The molecule has 1 rings (SSSR count). The van der Waals surface area contributed by atoms with Gasteiger partial charge in [0.25, 0.3) is 0 Å². The average molecular weight is 226 g/mol. The van der Waals surface area contributed by atoms with Crippen molar-refractivity contribution in [1.29, 1.82) is 0 Å². The second kappa shape index (κ2) is 5.50. The predicted molar refractivity (Wildman–Crippen MR) is 60.1 cm³/mol. The zero-order chi connectivity index (χ0) is 12.1. The molecular formula is C10H18N4O2. The van der Waals surface area contributed by atoms with Gasteiger partial charge in [-0.3, -0.25) is 9.48 Å². The highest BCUT2D eigenvalue weighted by Crippen LogP contribution is 2.15. The number of carbonyl (C=O) groups excluding carboxylic acids is 1. The third-order valence-electron chi connectivity index (χ3n) is 2.44. The number of nitrogens with two attached hydrogens (primary N) is 1. The van der Waals surface area contributed by atoms with Crippen LogP contribution in [-0.4, -0.2) is 35.4 Å². The van der Waals surface area contributed by atoms with Crippen molar-refractivity contribution in [3.63, 3.8) is 0 Å². The number of aromatic nitrogens is 2. The van der Waals surface area contributed by atoms with E-state index in [0.717, 1.165) is 0 Å². The molecule has 0 spiro atoms. The van der Waals surface area contributed by atoms with Gasteiger partial charge in [0.2, 0.25) is 5.91 Å². The Labute approximate surface area is 94.8 Å². The van der Waals surface area contributed by atoms with Crippen LogP contribution in [0.2, 0.25) is 0 Å². The quantitative estimate of drug-likeness (QED) is 0.710. The average Bonchev–Trinajstić information content (AvgIpc) is 2.73. The molecule has 0 saturated carbocycles. The molecule has 6 heteroatoms. The molecule has 16 heavy (non-hydrogen) atoms. The Bertz CT molecular complexity index is 350. The van der Waals surface area contributed by atoms with Gasteiger partial charge in [0.05, 0.1) is 25.5 Å². The number of carbonyl (C=O) groups is 1. The van der Waals surface area contributed by atoms with E-state index < -0.39 is 6.04 Å². The first-order valence-electron chi connectivity index (χ1n) is 5.21. The zero-order valence-electron chi connectivity index (χ0n) is 9.80. The molecule has 0 aromatic carbocycles. The van der Waals surface area contributed by atoms with Crippen LogP contribution in [-0.2, 0) is 4.79 Å². The molecule has 3 N–H and O–H groups in total. The van der Waals surface area contributed by atoms with Crippen LogP contribution in [0.25, 0.3) is 0 Å². The maximum absolute atomic E-state index is 11.3. The lowest BCUT2D eigenvalue weighted by Gasteiger charge is -2.21. The lowest BCUT2D eigenvalue weighted by atomic mass is 10.1. The van der Waals surface area contributed by atoms with Gasteiger partial charge in [-0.1, -0.05) is 6.92 Å². The number of hydrogen-bond donors (Lipinski definition) is 2. The molecule has 1 aromatic heterocycles. The van der Waals surface area contributed by atoms with Crippen LogP contribution < -0.4 is 15.8 Å². The van der Waals surface area contributed by atoms with Gasteiger partial charge < -0.3 is 15.8 Å². The summed E-state index contributed by atoms with van der Waals surface area (Å²) in [6, 6.07) is -0.587. The smallest absolute Gasteiger partial charge is 0.236 e. The van der Waals surface area contributed by atoms with Crippen molar-refractivity contribution in [1.82, 2.24) is 15.1 Å². The number of hydrogen-bond acceptors (Lipinski definition) is 4. The summed E-state index contributed by atoms with van der Waals surface area (Å²) < 4.78 is 6.69. The summed E-state index contributed by atoms with van der Waals surface area (Å²) in [5.74, 6) is 0.274. The third-order valence-corrected chi connectivity index (χ3v) is 2.44. The van der Waals surface area contributed by atoms with E-state index in [0.29, 0.717) is 12.3 Å². The van der Waals surface area contributed by atoms with Crippen LogP contribution in [0, 0.1) is 0 Å². The van der Waals surface area contributed by atoms with Gasteiger partial charge in [0, 0.05) is 0 Å². The monoisotopic (exact) mass is 226 g/mol. The predicted octanol–water partition coefficient (Wildman–Crippen LogP) is -0.0839. The largest absolute Gasteiger partial charge is 0.493 e. The molecule has 0 aliphatic heterocycles. The first-order valence-corrected chi connectivity index (χ1v) is 5.21. The number of nitrogens with one attached hydrogen (secondary N) is 1. The van der Waals surface area contributed by atoms with Crippen molar-refractivity contribution in [3.05, 3.63) is 12.4 Å². The second-order valence-corrected chi connectivity index (χ2v) is 3.54. The normalized spacial score (nSPS) is 14.4. The molecule has 2 atom stereocenters. The lowest BCUT2D eigenvalue weighted by molar-refractivity contribution is -0.121. The molecule has 0 fully saturated rings. The van der Waals surface area contributed by atoms with Crippen LogP contribution >= 0.6 is 0 Å². The first-order chi connectivity index (χ1) is 7.60. The van der Waals surface area contributed by atoms with Gasteiger partial charge in [-0.05, 0) is 13.5 Å². The highest BCUT2D eigenvalue weighted by Gasteiger charge is 2.23. The van der Waals surface area contributed by atoms with Crippen LogP contribution in [0.4, 0.5) is 0 Å². The Morgan fingerprint density at radius 2 is 2.44 bits per heavy atom. The van der Waals surface area contributed by atoms with Crippen molar-refractivity contribution in [3.8, 4) is 5.75 Å². The van der Waals surface area contributed by atoms with E-state index in [2.05, 4.69) is 10.4 Å². The van der Waals surface area contributed by atoms with E-state index in [1.165, 1.54) is 0 Å². The molecule has 0 aliphatic rings. The standard InChI is InChI=1S/C10H18N4O2/c1-4-12-9(10(11)15)7(2)14-6-8(16-3)5-13-14/h5-7,9,12H,4H2,1-3H3,(H2,11,15). The van der Waals surface area contributed by atoms with Crippen molar-refractivity contribution in [2.24, 2.45) is 5.73 Å². The van der Waals surface area contributed by atoms with Crippen molar-refractivity contribution >= 4 is 5.91 Å². The minimum Gasteiger partial charge on any atom is -0.493 e. The van der Waals surface area contributed by atoms with Gasteiger partial charge in [-0.25, -0.2) is 0 Å². The SMILES string of the molecule is CCNC(C(N)=O)C(C)n1cc(OC)cn1. The Hall–Kier alpha value is -1.56. The molecule has 6 nitrogen and oxygen atoms in total. The van der Waals surface area contributed by atoms with Gasteiger partial charge in [-0.2, -0.15) is 5.10 Å². The van der Waals surface area contributed by atoms with Gasteiger partial charge in [-0.15, -0.1) is 0 Å². The van der Waals surface area contributed by atoms with E-state index in [9.17, 15) is 4.79 Å². The molecule has 1 heterocycles. The second-order valence-electron chi connectivity index (χ2n) is 3.54. The number of amides is 1. The molecule has 0 bridgehead atoms. The fourth-order valence-electron chi connectivity index (χ4n) is 1.53. The zero-order valence-corrected chi connectivity index (χ0v) is 9.80. The summed E-state index contributed by atoms with van der Waals surface area (Å²) in [6.45, 7) is 4.48. The van der Waals surface area contributed by atoms with E-state index in [4.69, 9.17) is 10.5 Å². The molecule has 90 valence electrons. The summed E-state index contributed by atoms with van der Waals surface area (Å²) >= 11 is 0. The van der Waals surface area contributed by atoms with Crippen molar-refractivity contribution in [2.75, 3.05) is 13.7 Å². The Kier molecular flexibility index (Phi) is 4.30. The minimum atomic E-state index is -0.436. The molecule has 1 aromatic rings. The Balaban J connectivity index is 2.80. The maximum Gasteiger partial charge on any atom is 0.236 e. The molecule has 0 saturated heterocycles. The van der Waals surface area contributed by atoms with Crippen LogP contribution in [0.1, 0.15) is 19.9 Å². The topological polar surface area (TPSA) is 82.2 Å².